The van der Waals surface area contributed by atoms with Crippen LogP contribution in [0.4, 0.5) is 0 Å². The number of carbonyl (C=O) groups excluding carboxylic acids is 4. The van der Waals surface area contributed by atoms with Crippen molar-refractivity contribution in [3.05, 3.63) is 0 Å². The van der Waals surface area contributed by atoms with Gasteiger partial charge in [-0.1, -0.05) is 0 Å². The summed E-state index contributed by atoms with van der Waals surface area (Å²) in [6.45, 7) is -0.309. The molecule has 2 heterocycles. The summed E-state index contributed by atoms with van der Waals surface area (Å²) in [4.78, 5) is 64.6. The van der Waals surface area contributed by atoms with Crippen LogP contribution in [0.15, 0.2) is 0 Å². The molecule has 0 aliphatic carbocycles. The molecule has 0 aromatic carbocycles. The van der Waals surface area contributed by atoms with E-state index in [4.69, 9.17) is 19.4 Å². The molecule has 0 aromatic heterocycles. The Balaban J connectivity index is 0.00000220. The quantitative estimate of drug-likeness (QED) is 0.504. The van der Waals surface area contributed by atoms with Gasteiger partial charge < -0.3 is 19.4 Å². The molecule has 2 fully saturated rings. The van der Waals surface area contributed by atoms with Crippen molar-refractivity contribution < 1.29 is 55.6 Å². The van der Waals surface area contributed by atoms with Gasteiger partial charge in [-0.15, -0.1) is 0 Å². The molecule has 21 heavy (non-hydrogen) atoms. The summed E-state index contributed by atoms with van der Waals surface area (Å²) in [6.07, 6.45) is -1.02. The van der Waals surface area contributed by atoms with Gasteiger partial charge in [0, 0.05) is 27.5 Å². The summed E-state index contributed by atoms with van der Waals surface area (Å²) >= 11 is 0. The smallest absolute Gasteiger partial charge is 0.329 e. The van der Waals surface area contributed by atoms with Gasteiger partial charge in [-0.25, -0.2) is 0 Å². The van der Waals surface area contributed by atoms with Crippen LogP contribution in [0.1, 0.15) is 25.7 Å². The summed E-state index contributed by atoms with van der Waals surface area (Å²) in [5.41, 5.74) is 0. The van der Waals surface area contributed by atoms with Crippen molar-refractivity contribution in [2.45, 2.75) is 25.7 Å². The number of fused-ring (bicyclic) bond motifs is 3. The predicted octanol–water partition coefficient (Wildman–Crippen LogP) is -0.992. The molecule has 11 heteroatoms. The third kappa shape index (κ3) is 5.68. The molecule has 0 unspecified atom stereocenters. The second-order valence-electron chi connectivity index (χ2n) is 3.97. The molecule has 121 valence electrons. The van der Waals surface area contributed by atoms with Crippen LogP contribution < -0.4 is 0 Å². The zero-order chi connectivity index (χ0) is 14.5. The number of hydroxylamine groups is 4. The van der Waals surface area contributed by atoms with Gasteiger partial charge in [0.25, 0.3) is 0 Å². The third-order valence-corrected chi connectivity index (χ3v) is 2.35. The normalized spacial score (nSPS) is 27.4. The van der Waals surface area contributed by atoms with Gasteiger partial charge in [0.15, 0.2) is 0 Å². The topological polar surface area (TPSA) is 112 Å². The Hall–Kier alpha value is -1.68. The van der Waals surface area contributed by atoms with Crippen LogP contribution in [0.25, 0.3) is 0 Å². The Kier molecular flexibility index (Phi) is 6.56. The average Bonchev–Trinajstić information content (AvgIpc) is 2.39. The Labute approximate surface area is 129 Å². The van der Waals surface area contributed by atoms with Crippen LogP contribution in [-0.2, 0) is 55.6 Å². The van der Waals surface area contributed by atoms with Crippen molar-refractivity contribution >= 4 is 23.9 Å². The summed E-state index contributed by atoms with van der Waals surface area (Å²) in [5, 5.41) is 1.35. The molecule has 10 nitrogen and oxygen atoms in total. The molecule has 2 aliphatic heterocycles. The molecule has 2 rings (SSSR count). The van der Waals surface area contributed by atoms with Gasteiger partial charge in [0.05, 0.1) is 38.8 Å². The largest absolute Gasteiger partial charge is 0.333 e. The molecular formula is C10H12CuN2O8. The van der Waals surface area contributed by atoms with E-state index in [1.54, 1.807) is 0 Å². The van der Waals surface area contributed by atoms with E-state index in [0.29, 0.717) is 10.5 Å². The van der Waals surface area contributed by atoms with Crippen molar-refractivity contribution in [2.75, 3.05) is 13.1 Å². The van der Waals surface area contributed by atoms with E-state index in [-0.39, 0.29) is 55.8 Å². The fraction of sp³-hybridized carbons (Fsp3) is 0.600. The van der Waals surface area contributed by atoms with Crippen LogP contribution in [0, 0.1) is 0 Å². The van der Waals surface area contributed by atoms with Gasteiger partial charge in [-0.3, -0.25) is 19.2 Å². The van der Waals surface area contributed by atoms with Crippen molar-refractivity contribution in [3.63, 3.8) is 0 Å². The van der Waals surface area contributed by atoms with Crippen LogP contribution >= 0.6 is 0 Å². The molecule has 0 amide bonds. The molecule has 2 saturated heterocycles. The van der Waals surface area contributed by atoms with E-state index in [1.165, 1.54) is 0 Å². The van der Waals surface area contributed by atoms with Gasteiger partial charge in [0.1, 0.15) is 0 Å². The average molecular weight is 352 g/mol. The molecule has 0 N–H and O–H groups in total. The number of carbonyl (C=O) groups is 4. The number of rotatable bonds is 0. The van der Waals surface area contributed by atoms with Gasteiger partial charge in [0.2, 0.25) is 0 Å². The SMILES string of the molecule is O=C1CCC(=O)ON2CCN(O1)OC(=O)CCC(=O)O2.[Cu]. The summed E-state index contributed by atoms with van der Waals surface area (Å²) in [5.74, 6) is -2.95. The Morgan fingerprint density at radius 3 is 1.05 bits per heavy atom. The summed E-state index contributed by atoms with van der Waals surface area (Å²) in [7, 11) is 0. The van der Waals surface area contributed by atoms with Crippen molar-refractivity contribution in [1.29, 1.82) is 0 Å². The first-order valence-corrected chi connectivity index (χ1v) is 5.91. The minimum absolute atomic E-state index is 0. The first-order valence-electron chi connectivity index (χ1n) is 5.91. The molecule has 2 aliphatic rings. The monoisotopic (exact) mass is 351 g/mol. The fourth-order valence-corrected chi connectivity index (χ4v) is 1.43. The van der Waals surface area contributed by atoms with E-state index in [2.05, 4.69) is 0 Å². The number of hydrogen-bond acceptors (Lipinski definition) is 10. The van der Waals surface area contributed by atoms with E-state index >= 15 is 0 Å². The maximum absolute atomic E-state index is 11.4. The van der Waals surface area contributed by atoms with Crippen LogP contribution in [0.3, 0.4) is 0 Å². The fourth-order valence-electron chi connectivity index (χ4n) is 1.43. The first kappa shape index (κ1) is 17.4. The van der Waals surface area contributed by atoms with E-state index in [9.17, 15) is 19.2 Å². The summed E-state index contributed by atoms with van der Waals surface area (Å²) in [6, 6.07) is 0. The molecule has 1 radical (unpaired) electrons. The van der Waals surface area contributed by atoms with Crippen molar-refractivity contribution in [3.8, 4) is 0 Å². The van der Waals surface area contributed by atoms with Crippen LogP contribution in [0.2, 0.25) is 0 Å². The van der Waals surface area contributed by atoms with E-state index in [1.807, 2.05) is 0 Å². The second-order valence-corrected chi connectivity index (χ2v) is 3.97. The minimum Gasteiger partial charge on any atom is -0.333 e. The molecular weight excluding hydrogens is 340 g/mol. The van der Waals surface area contributed by atoms with E-state index < -0.39 is 23.9 Å². The van der Waals surface area contributed by atoms with Gasteiger partial charge in [-0.05, 0) is 0 Å². The third-order valence-electron chi connectivity index (χ3n) is 2.35. The zero-order valence-electron chi connectivity index (χ0n) is 10.7. The predicted molar refractivity (Wildman–Crippen MR) is 56.2 cm³/mol. The zero-order valence-corrected chi connectivity index (χ0v) is 11.6. The van der Waals surface area contributed by atoms with Crippen LogP contribution in [0.5, 0.6) is 0 Å². The first-order chi connectivity index (χ1) is 9.52. The van der Waals surface area contributed by atoms with Gasteiger partial charge in [-0.2, -0.15) is 0 Å². The van der Waals surface area contributed by atoms with E-state index in [0.717, 1.165) is 0 Å². The Bertz CT molecular complexity index is 367. The summed E-state index contributed by atoms with van der Waals surface area (Å²) < 4.78 is 0. The van der Waals surface area contributed by atoms with Crippen LogP contribution in [-0.4, -0.2) is 47.4 Å². The van der Waals surface area contributed by atoms with Gasteiger partial charge >= 0.3 is 23.9 Å². The minimum atomic E-state index is -0.739. The van der Waals surface area contributed by atoms with Crippen molar-refractivity contribution in [1.82, 2.24) is 10.5 Å². The second kappa shape index (κ2) is 7.93. The standard InChI is InChI=1S/C10H12N2O8.Cu/c13-7-1-2-8(14)18-12-6-5-11(17-7)19-9(15)3-4-10(16)20-12;/h1-6H2;. The number of hydrogen-bond donors (Lipinski definition) is 0. The molecule has 2 bridgehead atoms. The van der Waals surface area contributed by atoms with Crippen molar-refractivity contribution in [2.24, 2.45) is 0 Å². The molecule has 0 aromatic rings. The number of nitrogens with zero attached hydrogens (tertiary/aromatic N) is 2. The maximum Gasteiger partial charge on any atom is 0.329 e. The Morgan fingerprint density at radius 1 is 0.571 bits per heavy atom. The molecule has 0 atom stereocenters. The molecule has 0 spiro atoms. The Morgan fingerprint density at radius 2 is 0.810 bits per heavy atom. The maximum atomic E-state index is 11.4. The molecule has 0 saturated carbocycles.